The minimum Gasteiger partial charge on any atom is -0.377 e. The van der Waals surface area contributed by atoms with Crippen LogP contribution in [0.15, 0.2) is 59.6 Å². The molecule has 0 radical (unpaired) electrons. The number of ether oxygens (including phenoxy) is 1. The van der Waals surface area contributed by atoms with Gasteiger partial charge in [0, 0.05) is 30.0 Å². The van der Waals surface area contributed by atoms with Gasteiger partial charge in [0.15, 0.2) is 0 Å². The SMILES string of the molecule is CC1=NCC(CCOCc2ccccc2)c2c1[nH]c1ccccc21. The molecule has 3 aromatic rings. The Labute approximate surface area is 142 Å². The molecule has 0 saturated heterocycles. The average Bonchev–Trinajstić information content (AvgIpc) is 3.02. The summed E-state index contributed by atoms with van der Waals surface area (Å²) in [7, 11) is 0. The first kappa shape index (κ1) is 15.2. The normalized spacial score (nSPS) is 16.9. The van der Waals surface area contributed by atoms with Crippen molar-refractivity contribution >= 4 is 16.6 Å². The second kappa shape index (κ2) is 6.62. The molecule has 0 spiro atoms. The monoisotopic (exact) mass is 318 g/mol. The zero-order chi connectivity index (χ0) is 16.4. The molecule has 3 heteroatoms. The number of para-hydroxylation sites is 1. The molecule has 1 atom stereocenters. The maximum Gasteiger partial charge on any atom is 0.0716 e. The summed E-state index contributed by atoms with van der Waals surface area (Å²) in [5.74, 6) is 0.427. The number of fused-ring (bicyclic) bond motifs is 3. The van der Waals surface area contributed by atoms with Gasteiger partial charge in [-0.3, -0.25) is 4.99 Å². The predicted octanol–water partition coefficient (Wildman–Crippen LogP) is 4.68. The van der Waals surface area contributed by atoms with Gasteiger partial charge in [-0.15, -0.1) is 0 Å². The van der Waals surface area contributed by atoms with Crippen LogP contribution in [0.2, 0.25) is 0 Å². The zero-order valence-corrected chi connectivity index (χ0v) is 14.0. The molecule has 0 fully saturated rings. The Morgan fingerprint density at radius 2 is 1.88 bits per heavy atom. The highest BCUT2D eigenvalue weighted by molar-refractivity contribution is 6.05. The molecule has 0 saturated carbocycles. The standard InChI is InChI=1S/C21H22N2O/c1-15-21-20(18-9-5-6-10-19(18)23-21)17(13-22-15)11-12-24-14-16-7-3-2-4-8-16/h2-10,17,23H,11-14H2,1H3. The quantitative estimate of drug-likeness (QED) is 0.681. The average molecular weight is 318 g/mol. The van der Waals surface area contributed by atoms with Crippen molar-refractivity contribution in [1.29, 1.82) is 0 Å². The summed E-state index contributed by atoms with van der Waals surface area (Å²) in [6.07, 6.45) is 0.998. The van der Waals surface area contributed by atoms with E-state index in [4.69, 9.17) is 9.73 Å². The van der Waals surface area contributed by atoms with Gasteiger partial charge in [0.2, 0.25) is 0 Å². The van der Waals surface area contributed by atoms with Crippen LogP contribution < -0.4 is 0 Å². The van der Waals surface area contributed by atoms with E-state index in [0.717, 1.165) is 25.3 Å². The highest BCUT2D eigenvalue weighted by Gasteiger charge is 2.25. The van der Waals surface area contributed by atoms with Crippen molar-refractivity contribution in [2.45, 2.75) is 25.9 Å². The summed E-state index contributed by atoms with van der Waals surface area (Å²) >= 11 is 0. The van der Waals surface area contributed by atoms with Crippen molar-refractivity contribution in [3.8, 4) is 0 Å². The van der Waals surface area contributed by atoms with Gasteiger partial charge >= 0.3 is 0 Å². The molecule has 0 amide bonds. The topological polar surface area (TPSA) is 37.4 Å². The van der Waals surface area contributed by atoms with Crippen LogP contribution in [-0.4, -0.2) is 23.8 Å². The van der Waals surface area contributed by atoms with Gasteiger partial charge in [-0.1, -0.05) is 48.5 Å². The van der Waals surface area contributed by atoms with Gasteiger partial charge in [0.05, 0.1) is 18.0 Å². The largest absolute Gasteiger partial charge is 0.377 e. The lowest BCUT2D eigenvalue weighted by Gasteiger charge is -2.21. The van der Waals surface area contributed by atoms with E-state index in [2.05, 4.69) is 60.4 Å². The van der Waals surface area contributed by atoms with Crippen molar-refractivity contribution in [2.24, 2.45) is 4.99 Å². The Balaban J connectivity index is 1.47. The Kier molecular flexibility index (Phi) is 4.18. The number of nitrogens with zero attached hydrogens (tertiary/aromatic N) is 1. The van der Waals surface area contributed by atoms with Crippen molar-refractivity contribution < 1.29 is 4.74 Å². The number of aliphatic imine (C=N–C) groups is 1. The summed E-state index contributed by atoms with van der Waals surface area (Å²) in [6, 6.07) is 18.9. The van der Waals surface area contributed by atoms with Crippen LogP contribution in [0.3, 0.4) is 0 Å². The van der Waals surface area contributed by atoms with Gasteiger partial charge < -0.3 is 9.72 Å². The van der Waals surface area contributed by atoms with E-state index >= 15 is 0 Å². The number of aromatic nitrogens is 1. The number of benzene rings is 2. The molecule has 4 rings (SSSR count). The maximum absolute atomic E-state index is 5.89. The molecule has 1 aliphatic rings. The molecule has 0 bridgehead atoms. The first-order valence-electron chi connectivity index (χ1n) is 8.56. The van der Waals surface area contributed by atoms with Crippen LogP contribution in [0, 0.1) is 0 Å². The lowest BCUT2D eigenvalue weighted by atomic mass is 9.90. The number of aromatic amines is 1. The number of nitrogens with one attached hydrogen (secondary N) is 1. The fourth-order valence-corrected chi connectivity index (χ4v) is 3.52. The smallest absolute Gasteiger partial charge is 0.0716 e. The van der Waals surface area contributed by atoms with E-state index in [1.165, 1.54) is 27.7 Å². The number of hydrogen-bond donors (Lipinski definition) is 1. The van der Waals surface area contributed by atoms with Crippen LogP contribution in [0.4, 0.5) is 0 Å². The Morgan fingerprint density at radius 1 is 1.08 bits per heavy atom. The second-order valence-corrected chi connectivity index (χ2v) is 6.41. The van der Waals surface area contributed by atoms with Crippen molar-refractivity contribution in [2.75, 3.05) is 13.2 Å². The summed E-state index contributed by atoms with van der Waals surface area (Å²) in [4.78, 5) is 8.26. The molecule has 1 N–H and O–H groups in total. The van der Waals surface area contributed by atoms with Crippen LogP contribution in [0.5, 0.6) is 0 Å². The summed E-state index contributed by atoms with van der Waals surface area (Å²) in [6.45, 7) is 4.38. The third-order valence-electron chi connectivity index (χ3n) is 4.79. The minimum absolute atomic E-state index is 0.427. The predicted molar refractivity (Wildman–Crippen MR) is 98.8 cm³/mol. The fraction of sp³-hybridized carbons (Fsp3) is 0.286. The van der Waals surface area contributed by atoms with E-state index in [1.54, 1.807) is 0 Å². The maximum atomic E-state index is 5.89. The molecular weight excluding hydrogens is 296 g/mol. The Morgan fingerprint density at radius 3 is 2.75 bits per heavy atom. The lowest BCUT2D eigenvalue weighted by molar-refractivity contribution is 0.114. The summed E-state index contributed by atoms with van der Waals surface area (Å²) in [5, 5.41) is 1.33. The van der Waals surface area contributed by atoms with E-state index in [-0.39, 0.29) is 0 Å². The first-order chi connectivity index (χ1) is 11.8. The van der Waals surface area contributed by atoms with Crippen molar-refractivity contribution in [3.05, 3.63) is 71.4 Å². The van der Waals surface area contributed by atoms with Crippen LogP contribution in [-0.2, 0) is 11.3 Å². The van der Waals surface area contributed by atoms with E-state index in [0.29, 0.717) is 12.5 Å². The Hall–Kier alpha value is -2.39. The fourth-order valence-electron chi connectivity index (χ4n) is 3.52. The molecule has 2 heterocycles. The number of H-pyrrole nitrogens is 1. The van der Waals surface area contributed by atoms with Crippen molar-refractivity contribution in [3.63, 3.8) is 0 Å². The molecule has 1 aliphatic heterocycles. The molecule has 1 aromatic heterocycles. The molecular formula is C21H22N2O. The summed E-state index contributed by atoms with van der Waals surface area (Å²) in [5.41, 5.74) is 6.16. The minimum atomic E-state index is 0.427. The van der Waals surface area contributed by atoms with E-state index < -0.39 is 0 Å². The van der Waals surface area contributed by atoms with Gasteiger partial charge in [0.25, 0.3) is 0 Å². The summed E-state index contributed by atoms with van der Waals surface area (Å²) < 4.78 is 5.89. The number of hydrogen-bond acceptors (Lipinski definition) is 2. The molecule has 3 nitrogen and oxygen atoms in total. The van der Waals surface area contributed by atoms with Crippen LogP contribution in [0.25, 0.3) is 10.9 Å². The zero-order valence-electron chi connectivity index (χ0n) is 14.0. The van der Waals surface area contributed by atoms with Crippen LogP contribution >= 0.6 is 0 Å². The van der Waals surface area contributed by atoms with E-state index in [1.807, 2.05) is 6.07 Å². The van der Waals surface area contributed by atoms with Gasteiger partial charge in [-0.25, -0.2) is 0 Å². The van der Waals surface area contributed by atoms with Crippen molar-refractivity contribution in [1.82, 2.24) is 4.98 Å². The highest BCUT2D eigenvalue weighted by Crippen LogP contribution is 2.34. The highest BCUT2D eigenvalue weighted by atomic mass is 16.5. The third kappa shape index (κ3) is 2.87. The van der Waals surface area contributed by atoms with Gasteiger partial charge in [0.1, 0.15) is 0 Å². The van der Waals surface area contributed by atoms with Gasteiger partial charge in [-0.2, -0.15) is 0 Å². The van der Waals surface area contributed by atoms with Crippen LogP contribution in [0.1, 0.15) is 36.1 Å². The Bertz CT molecular complexity index is 864. The molecule has 0 aliphatic carbocycles. The van der Waals surface area contributed by atoms with Gasteiger partial charge in [-0.05, 0) is 30.5 Å². The molecule has 24 heavy (non-hydrogen) atoms. The number of rotatable bonds is 5. The third-order valence-corrected chi connectivity index (χ3v) is 4.79. The van der Waals surface area contributed by atoms with E-state index in [9.17, 15) is 0 Å². The molecule has 1 unspecified atom stereocenters. The first-order valence-corrected chi connectivity index (χ1v) is 8.56. The second-order valence-electron chi connectivity index (χ2n) is 6.41. The lowest BCUT2D eigenvalue weighted by Crippen LogP contribution is -2.16. The molecule has 2 aromatic carbocycles. The molecule has 122 valence electrons.